The summed E-state index contributed by atoms with van der Waals surface area (Å²) in [5.41, 5.74) is 6.88. The highest BCUT2D eigenvalue weighted by Crippen LogP contribution is 2.34. The van der Waals surface area contributed by atoms with Gasteiger partial charge in [-0.25, -0.2) is 0 Å². The predicted molar refractivity (Wildman–Crippen MR) is 100 cm³/mol. The van der Waals surface area contributed by atoms with Gasteiger partial charge in [0.05, 0.1) is 0 Å². The van der Waals surface area contributed by atoms with Crippen molar-refractivity contribution in [3.63, 3.8) is 0 Å². The van der Waals surface area contributed by atoms with Crippen molar-refractivity contribution in [3.8, 4) is 0 Å². The second-order valence-electron chi connectivity index (χ2n) is 7.33. The number of hydrogen-bond donors (Lipinski definition) is 1. The number of H-pyrrole nitrogens is 1. The van der Waals surface area contributed by atoms with Crippen molar-refractivity contribution >= 4 is 10.9 Å². The van der Waals surface area contributed by atoms with Crippen molar-refractivity contribution in [2.24, 2.45) is 0 Å². The second kappa shape index (κ2) is 6.08. The fourth-order valence-corrected chi connectivity index (χ4v) is 3.91. The van der Waals surface area contributed by atoms with Crippen LogP contribution in [-0.4, -0.2) is 42.5 Å². The number of aromatic nitrogens is 1. The van der Waals surface area contributed by atoms with E-state index in [-0.39, 0.29) is 0 Å². The molecule has 2 heterocycles. The third-order valence-corrected chi connectivity index (χ3v) is 4.94. The normalized spacial score (nSPS) is 18.2. The molecule has 1 atom stereocenters. The Morgan fingerprint density at radius 2 is 1.96 bits per heavy atom. The van der Waals surface area contributed by atoms with E-state index in [1.165, 1.54) is 33.3 Å². The molecule has 1 aliphatic heterocycles. The number of hydrogen-bond acceptors (Lipinski definition) is 2. The van der Waals surface area contributed by atoms with Gasteiger partial charge >= 0.3 is 0 Å². The highest BCUT2D eigenvalue weighted by atomic mass is 15.1. The van der Waals surface area contributed by atoms with Gasteiger partial charge in [0.2, 0.25) is 0 Å². The molecule has 2 aromatic carbocycles. The number of nitrogens with one attached hydrogen (secondary N) is 1. The van der Waals surface area contributed by atoms with Gasteiger partial charge in [-0.05, 0) is 55.4 Å². The molecule has 0 spiro atoms. The van der Waals surface area contributed by atoms with E-state index in [2.05, 4.69) is 84.5 Å². The second-order valence-corrected chi connectivity index (χ2v) is 7.33. The molecule has 1 aliphatic rings. The fraction of sp³-hybridized carbons (Fsp3) is 0.333. The zero-order valence-electron chi connectivity index (χ0n) is 14.7. The van der Waals surface area contributed by atoms with Crippen LogP contribution in [0.1, 0.15) is 28.3 Å². The SMILES string of the molecule is CN(C)Cc1ccc2c(c1)CN(C)CC2c1cc2ccccc2[nH]1. The van der Waals surface area contributed by atoms with Gasteiger partial charge in [-0.1, -0.05) is 36.4 Å². The van der Waals surface area contributed by atoms with E-state index in [4.69, 9.17) is 0 Å². The number of nitrogens with zero attached hydrogens (tertiary/aromatic N) is 2. The van der Waals surface area contributed by atoms with Crippen molar-refractivity contribution in [1.82, 2.24) is 14.8 Å². The molecule has 0 saturated carbocycles. The van der Waals surface area contributed by atoms with Gasteiger partial charge in [0.15, 0.2) is 0 Å². The molecule has 1 unspecified atom stereocenters. The molecular formula is C21H25N3. The van der Waals surface area contributed by atoms with E-state index < -0.39 is 0 Å². The number of fused-ring (bicyclic) bond motifs is 2. The van der Waals surface area contributed by atoms with E-state index in [1.54, 1.807) is 0 Å². The molecule has 0 fully saturated rings. The summed E-state index contributed by atoms with van der Waals surface area (Å²) in [6.45, 7) is 3.09. The molecule has 24 heavy (non-hydrogen) atoms. The van der Waals surface area contributed by atoms with Crippen molar-refractivity contribution in [1.29, 1.82) is 0 Å². The standard InChI is InChI=1S/C21H25N3/c1-23(2)12-15-8-9-18-17(10-15)13-24(3)14-19(18)21-11-16-6-4-5-7-20(16)22-21/h4-11,19,22H,12-14H2,1-3H3. The summed E-state index contributed by atoms with van der Waals surface area (Å²) in [5.74, 6) is 0.416. The van der Waals surface area contributed by atoms with E-state index in [1.807, 2.05) is 0 Å². The maximum atomic E-state index is 3.64. The molecule has 3 heteroatoms. The van der Waals surface area contributed by atoms with Gasteiger partial charge in [-0.3, -0.25) is 0 Å². The van der Waals surface area contributed by atoms with Crippen molar-refractivity contribution in [2.75, 3.05) is 27.7 Å². The van der Waals surface area contributed by atoms with Crippen LogP contribution in [-0.2, 0) is 13.1 Å². The molecule has 1 N–H and O–H groups in total. The van der Waals surface area contributed by atoms with E-state index >= 15 is 0 Å². The van der Waals surface area contributed by atoms with Gasteiger partial charge in [0.1, 0.15) is 0 Å². The van der Waals surface area contributed by atoms with Crippen molar-refractivity contribution in [3.05, 3.63) is 70.9 Å². The number of para-hydroxylation sites is 1. The molecule has 0 aliphatic carbocycles. The lowest BCUT2D eigenvalue weighted by atomic mass is 9.86. The van der Waals surface area contributed by atoms with Gasteiger partial charge < -0.3 is 14.8 Å². The minimum absolute atomic E-state index is 0.416. The lowest BCUT2D eigenvalue weighted by Gasteiger charge is -2.32. The Morgan fingerprint density at radius 3 is 2.75 bits per heavy atom. The lowest BCUT2D eigenvalue weighted by Crippen LogP contribution is -2.31. The Balaban J connectivity index is 1.75. The first-order valence-corrected chi connectivity index (χ1v) is 8.63. The summed E-state index contributed by atoms with van der Waals surface area (Å²) in [6, 6.07) is 17.9. The first-order chi connectivity index (χ1) is 11.6. The Morgan fingerprint density at radius 1 is 1.12 bits per heavy atom. The molecular weight excluding hydrogens is 294 g/mol. The van der Waals surface area contributed by atoms with Crippen LogP contribution in [0.2, 0.25) is 0 Å². The van der Waals surface area contributed by atoms with Crippen molar-refractivity contribution < 1.29 is 0 Å². The maximum absolute atomic E-state index is 3.64. The van der Waals surface area contributed by atoms with Crippen LogP contribution in [0.3, 0.4) is 0 Å². The molecule has 3 nitrogen and oxygen atoms in total. The van der Waals surface area contributed by atoms with Crippen LogP contribution < -0.4 is 0 Å². The molecule has 124 valence electrons. The quantitative estimate of drug-likeness (QED) is 0.793. The summed E-state index contributed by atoms with van der Waals surface area (Å²) in [4.78, 5) is 8.29. The third kappa shape index (κ3) is 2.85. The maximum Gasteiger partial charge on any atom is 0.0456 e. The molecule has 0 amide bonds. The van der Waals surface area contributed by atoms with E-state index in [0.717, 1.165) is 19.6 Å². The molecule has 4 rings (SSSR count). The smallest absolute Gasteiger partial charge is 0.0456 e. The molecule has 0 bridgehead atoms. The zero-order valence-corrected chi connectivity index (χ0v) is 14.7. The Bertz CT molecular complexity index is 829. The van der Waals surface area contributed by atoms with Gasteiger partial charge in [-0.2, -0.15) is 0 Å². The average molecular weight is 319 g/mol. The van der Waals surface area contributed by atoms with Gasteiger partial charge in [0.25, 0.3) is 0 Å². The average Bonchev–Trinajstić information content (AvgIpc) is 2.97. The van der Waals surface area contributed by atoms with Gasteiger partial charge in [0, 0.05) is 36.8 Å². The number of benzene rings is 2. The molecule has 0 saturated heterocycles. The monoisotopic (exact) mass is 319 g/mol. The van der Waals surface area contributed by atoms with E-state index in [9.17, 15) is 0 Å². The lowest BCUT2D eigenvalue weighted by molar-refractivity contribution is 0.293. The Labute approximate surface area is 143 Å². The number of likely N-dealkylation sites (N-methyl/N-ethyl adjacent to an activating group) is 1. The van der Waals surface area contributed by atoms with Gasteiger partial charge in [-0.15, -0.1) is 0 Å². The number of aromatic amines is 1. The van der Waals surface area contributed by atoms with Crippen LogP contribution in [0.25, 0.3) is 10.9 Å². The highest BCUT2D eigenvalue weighted by molar-refractivity contribution is 5.80. The van der Waals surface area contributed by atoms with E-state index in [0.29, 0.717) is 5.92 Å². The van der Waals surface area contributed by atoms with Crippen LogP contribution in [0, 0.1) is 0 Å². The van der Waals surface area contributed by atoms with Crippen LogP contribution in [0.5, 0.6) is 0 Å². The summed E-state index contributed by atoms with van der Waals surface area (Å²) in [5, 5.41) is 1.30. The third-order valence-electron chi connectivity index (χ3n) is 4.94. The molecule has 0 radical (unpaired) electrons. The minimum atomic E-state index is 0.416. The largest absolute Gasteiger partial charge is 0.358 e. The summed E-state index contributed by atoms with van der Waals surface area (Å²) < 4.78 is 0. The topological polar surface area (TPSA) is 22.3 Å². The summed E-state index contributed by atoms with van der Waals surface area (Å²) >= 11 is 0. The zero-order chi connectivity index (χ0) is 16.7. The van der Waals surface area contributed by atoms with Crippen LogP contribution >= 0.6 is 0 Å². The fourth-order valence-electron chi connectivity index (χ4n) is 3.91. The first-order valence-electron chi connectivity index (χ1n) is 8.63. The minimum Gasteiger partial charge on any atom is -0.358 e. The Kier molecular flexibility index (Phi) is 3.91. The Hall–Kier alpha value is -2.10. The summed E-state index contributed by atoms with van der Waals surface area (Å²) in [7, 11) is 6.47. The van der Waals surface area contributed by atoms with Crippen LogP contribution in [0.15, 0.2) is 48.5 Å². The molecule has 3 aromatic rings. The highest BCUT2D eigenvalue weighted by Gasteiger charge is 2.26. The summed E-state index contributed by atoms with van der Waals surface area (Å²) in [6.07, 6.45) is 0. The number of rotatable bonds is 3. The van der Waals surface area contributed by atoms with Crippen molar-refractivity contribution in [2.45, 2.75) is 19.0 Å². The predicted octanol–water partition coefficient (Wildman–Crippen LogP) is 3.81. The van der Waals surface area contributed by atoms with Crippen LogP contribution in [0.4, 0.5) is 0 Å². The molecule has 1 aromatic heterocycles. The first kappa shape index (κ1) is 15.4.